The second-order valence-electron chi connectivity index (χ2n) is 4.25. The molecule has 0 amide bonds. The van der Waals surface area contributed by atoms with Crippen molar-refractivity contribution in [1.82, 2.24) is 14.7 Å². The molecule has 0 spiro atoms. The third-order valence-corrected chi connectivity index (χ3v) is 2.43. The summed E-state index contributed by atoms with van der Waals surface area (Å²) in [5, 5.41) is 7.71. The molecule has 1 aromatic heterocycles. The lowest BCUT2D eigenvalue weighted by Gasteiger charge is -2.10. The summed E-state index contributed by atoms with van der Waals surface area (Å²) >= 11 is 0. The van der Waals surface area contributed by atoms with Crippen molar-refractivity contribution in [3.63, 3.8) is 0 Å². The first-order chi connectivity index (χ1) is 7.11. The molecular weight excluding hydrogens is 188 g/mol. The number of likely N-dealkylation sites (N-methyl/N-ethyl adjacent to an activating group) is 1. The van der Waals surface area contributed by atoms with Gasteiger partial charge in [0.1, 0.15) is 0 Å². The van der Waals surface area contributed by atoms with Crippen molar-refractivity contribution in [2.24, 2.45) is 0 Å². The highest BCUT2D eigenvalue weighted by Crippen LogP contribution is 2.07. The molecule has 4 nitrogen and oxygen atoms in total. The average Bonchev–Trinajstić information content (AvgIpc) is 2.62. The van der Waals surface area contributed by atoms with Gasteiger partial charge in [0.15, 0.2) is 0 Å². The number of anilines is 1. The first kappa shape index (κ1) is 12.0. The SMILES string of the molecule is CCC(C)Nc1cnn(CCN(C)C)c1. The second-order valence-corrected chi connectivity index (χ2v) is 4.25. The number of rotatable bonds is 6. The van der Waals surface area contributed by atoms with Crippen LogP contribution in [-0.2, 0) is 6.54 Å². The van der Waals surface area contributed by atoms with Gasteiger partial charge in [-0.25, -0.2) is 0 Å². The molecule has 1 aromatic rings. The van der Waals surface area contributed by atoms with E-state index in [1.165, 1.54) is 0 Å². The van der Waals surface area contributed by atoms with E-state index in [2.05, 4.69) is 49.5 Å². The molecule has 0 aliphatic heterocycles. The molecule has 0 saturated heterocycles. The Morgan fingerprint density at radius 3 is 2.87 bits per heavy atom. The molecule has 0 fully saturated rings. The van der Waals surface area contributed by atoms with Crippen LogP contribution in [0.25, 0.3) is 0 Å². The number of hydrogen-bond acceptors (Lipinski definition) is 3. The second kappa shape index (κ2) is 5.75. The Balaban J connectivity index is 2.42. The zero-order chi connectivity index (χ0) is 11.3. The van der Waals surface area contributed by atoms with Crippen LogP contribution in [0, 0.1) is 0 Å². The van der Waals surface area contributed by atoms with Gasteiger partial charge in [-0.3, -0.25) is 4.68 Å². The highest BCUT2D eigenvalue weighted by molar-refractivity contribution is 5.38. The van der Waals surface area contributed by atoms with E-state index in [1.807, 2.05) is 10.9 Å². The fraction of sp³-hybridized carbons (Fsp3) is 0.727. The molecule has 15 heavy (non-hydrogen) atoms. The summed E-state index contributed by atoms with van der Waals surface area (Å²) in [6.07, 6.45) is 5.08. The van der Waals surface area contributed by atoms with E-state index >= 15 is 0 Å². The molecule has 1 heterocycles. The van der Waals surface area contributed by atoms with Gasteiger partial charge in [-0.2, -0.15) is 5.10 Å². The quantitative estimate of drug-likeness (QED) is 0.775. The van der Waals surface area contributed by atoms with Gasteiger partial charge in [0.2, 0.25) is 0 Å². The van der Waals surface area contributed by atoms with Gasteiger partial charge in [-0.1, -0.05) is 6.92 Å². The van der Waals surface area contributed by atoms with Crippen molar-refractivity contribution in [3.8, 4) is 0 Å². The summed E-state index contributed by atoms with van der Waals surface area (Å²) in [4.78, 5) is 2.16. The summed E-state index contributed by atoms with van der Waals surface area (Å²) < 4.78 is 1.98. The zero-order valence-corrected chi connectivity index (χ0v) is 10.2. The maximum Gasteiger partial charge on any atom is 0.0728 e. The van der Waals surface area contributed by atoms with Crippen LogP contribution in [0.1, 0.15) is 20.3 Å². The van der Waals surface area contributed by atoms with E-state index in [9.17, 15) is 0 Å². The fourth-order valence-electron chi connectivity index (χ4n) is 1.25. The molecule has 4 heteroatoms. The van der Waals surface area contributed by atoms with Crippen molar-refractivity contribution in [3.05, 3.63) is 12.4 Å². The van der Waals surface area contributed by atoms with E-state index in [0.717, 1.165) is 25.2 Å². The largest absolute Gasteiger partial charge is 0.380 e. The molecule has 86 valence electrons. The van der Waals surface area contributed by atoms with Gasteiger partial charge in [0, 0.05) is 18.8 Å². The van der Waals surface area contributed by atoms with Crippen LogP contribution in [-0.4, -0.2) is 41.4 Å². The Morgan fingerprint density at radius 2 is 2.27 bits per heavy atom. The molecule has 0 bridgehead atoms. The first-order valence-corrected chi connectivity index (χ1v) is 5.55. The predicted molar refractivity (Wildman–Crippen MR) is 64.2 cm³/mol. The summed E-state index contributed by atoms with van der Waals surface area (Å²) in [5.41, 5.74) is 1.11. The Hall–Kier alpha value is -1.03. The highest BCUT2D eigenvalue weighted by atomic mass is 15.3. The Morgan fingerprint density at radius 1 is 1.53 bits per heavy atom. The molecule has 1 atom stereocenters. The third kappa shape index (κ3) is 4.34. The number of aromatic nitrogens is 2. The van der Waals surface area contributed by atoms with E-state index in [1.54, 1.807) is 0 Å². The molecule has 0 radical (unpaired) electrons. The van der Waals surface area contributed by atoms with E-state index in [0.29, 0.717) is 6.04 Å². The monoisotopic (exact) mass is 210 g/mol. The van der Waals surface area contributed by atoms with Crippen molar-refractivity contribution in [2.45, 2.75) is 32.9 Å². The maximum atomic E-state index is 4.30. The third-order valence-electron chi connectivity index (χ3n) is 2.43. The van der Waals surface area contributed by atoms with Crippen LogP contribution in [0.4, 0.5) is 5.69 Å². The lowest BCUT2D eigenvalue weighted by atomic mass is 10.2. The normalized spacial score (nSPS) is 13.1. The fourth-order valence-corrected chi connectivity index (χ4v) is 1.25. The number of hydrogen-bond donors (Lipinski definition) is 1. The van der Waals surface area contributed by atoms with E-state index in [-0.39, 0.29) is 0 Å². The van der Waals surface area contributed by atoms with Gasteiger partial charge in [0.05, 0.1) is 18.4 Å². The van der Waals surface area contributed by atoms with E-state index < -0.39 is 0 Å². The van der Waals surface area contributed by atoms with Crippen LogP contribution >= 0.6 is 0 Å². The Labute approximate surface area is 92.3 Å². The van der Waals surface area contributed by atoms with Gasteiger partial charge < -0.3 is 10.2 Å². The number of nitrogens with one attached hydrogen (secondary N) is 1. The van der Waals surface area contributed by atoms with Gasteiger partial charge in [0.25, 0.3) is 0 Å². The highest BCUT2D eigenvalue weighted by Gasteiger charge is 2.01. The molecule has 1 rings (SSSR count). The summed E-state index contributed by atoms with van der Waals surface area (Å²) in [5.74, 6) is 0. The van der Waals surface area contributed by atoms with Crippen LogP contribution in [0.3, 0.4) is 0 Å². The standard InChI is InChI=1S/C11H22N4/c1-5-10(2)13-11-8-12-15(9-11)7-6-14(3)4/h8-10,13H,5-7H2,1-4H3. The number of nitrogens with zero attached hydrogens (tertiary/aromatic N) is 3. The van der Waals surface area contributed by atoms with E-state index in [4.69, 9.17) is 0 Å². The first-order valence-electron chi connectivity index (χ1n) is 5.55. The smallest absolute Gasteiger partial charge is 0.0728 e. The topological polar surface area (TPSA) is 33.1 Å². The van der Waals surface area contributed by atoms with Crippen LogP contribution in [0.2, 0.25) is 0 Å². The molecule has 0 aromatic carbocycles. The Kier molecular flexibility index (Phi) is 4.62. The zero-order valence-electron chi connectivity index (χ0n) is 10.2. The lowest BCUT2D eigenvalue weighted by Crippen LogP contribution is -2.18. The average molecular weight is 210 g/mol. The molecule has 0 saturated carbocycles. The van der Waals surface area contributed by atoms with Crippen molar-refractivity contribution in [2.75, 3.05) is 26.0 Å². The summed E-state index contributed by atoms with van der Waals surface area (Å²) in [6, 6.07) is 0.511. The predicted octanol–water partition coefficient (Wildman–Crippen LogP) is 1.66. The lowest BCUT2D eigenvalue weighted by molar-refractivity contribution is 0.373. The van der Waals surface area contributed by atoms with Crippen molar-refractivity contribution >= 4 is 5.69 Å². The van der Waals surface area contributed by atoms with Gasteiger partial charge in [-0.05, 0) is 27.4 Å². The van der Waals surface area contributed by atoms with Gasteiger partial charge >= 0.3 is 0 Å². The molecular formula is C11H22N4. The van der Waals surface area contributed by atoms with Crippen LogP contribution < -0.4 is 5.32 Å². The van der Waals surface area contributed by atoms with Crippen LogP contribution in [0.15, 0.2) is 12.4 Å². The molecule has 1 unspecified atom stereocenters. The van der Waals surface area contributed by atoms with Crippen molar-refractivity contribution in [1.29, 1.82) is 0 Å². The maximum absolute atomic E-state index is 4.30. The summed E-state index contributed by atoms with van der Waals surface area (Å²) in [7, 11) is 4.14. The van der Waals surface area contributed by atoms with Crippen molar-refractivity contribution < 1.29 is 0 Å². The molecule has 0 aliphatic rings. The minimum absolute atomic E-state index is 0.511. The minimum Gasteiger partial charge on any atom is -0.380 e. The van der Waals surface area contributed by atoms with Gasteiger partial charge in [-0.15, -0.1) is 0 Å². The minimum atomic E-state index is 0.511. The molecule has 1 N–H and O–H groups in total. The molecule has 0 aliphatic carbocycles. The Bertz CT molecular complexity index is 280. The van der Waals surface area contributed by atoms with Crippen LogP contribution in [0.5, 0.6) is 0 Å². The summed E-state index contributed by atoms with van der Waals surface area (Å²) in [6.45, 7) is 6.31.